The van der Waals surface area contributed by atoms with Crippen molar-refractivity contribution in [1.29, 1.82) is 0 Å². The van der Waals surface area contributed by atoms with Crippen LogP contribution in [0.1, 0.15) is 20.3 Å². The summed E-state index contributed by atoms with van der Waals surface area (Å²) < 4.78 is 16.1. The van der Waals surface area contributed by atoms with Gasteiger partial charge in [-0.2, -0.15) is 0 Å². The zero-order valence-electron chi connectivity index (χ0n) is 8.03. The summed E-state index contributed by atoms with van der Waals surface area (Å²) in [5.74, 6) is -0.436. The van der Waals surface area contributed by atoms with Gasteiger partial charge in [-0.05, 0) is 20.3 Å². The molecule has 1 N–H and O–H groups in total. The molecule has 0 aromatic rings. The van der Waals surface area contributed by atoms with E-state index in [0.717, 1.165) is 6.42 Å². The van der Waals surface area contributed by atoms with E-state index in [1.54, 1.807) is 0 Å². The van der Waals surface area contributed by atoms with Crippen molar-refractivity contribution in [3.63, 3.8) is 0 Å². The molecule has 4 heteroatoms. The highest BCUT2D eigenvalue weighted by molar-refractivity contribution is 4.82. The molecule has 0 amide bonds. The molecule has 2 heterocycles. The van der Waals surface area contributed by atoms with Gasteiger partial charge in [0.1, 0.15) is 0 Å². The highest BCUT2D eigenvalue weighted by Crippen LogP contribution is 2.32. The predicted octanol–water partition coefficient (Wildman–Crippen LogP) is 0.493. The van der Waals surface area contributed by atoms with Crippen LogP contribution in [0.2, 0.25) is 0 Å². The largest absolute Gasteiger partial charge is 0.368 e. The third-order valence-electron chi connectivity index (χ3n) is 2.61. The van der Waals surface area contributed by atoms with E-state index in [0.29, 0.717) is 13.2 Å². The minimum Gasteiger partial charge on any atom is -0.368 e. The highest BCUT2D eigenvalue weighted by atomic mass is 16.7. The molecule has 0 aliphatic carbocycles. The van der Waals surface area contributed by atoms with Crippen molar-refractivity contribution in [2.75, 3.05) is 13.2 Å². The van der Waals surface area contributed by atoms with Crippen LogP contribution in [0.3, 0.4) is 0 Å². The zero-order valence-corrected chi connectivity index (χ0v) is 8.03. The van der Waals surface area contributed by atoms with Crippen molar-refractivity contribution < 1.29 is 19.3 Å². The van der Waals surface area contributed by atoms with Crippen molar-refractivity contribution in [3.8, 4) is 0 Å². The first-order valence-corrected chi connectivity index (χ1v) is 4.70. The van der Waals surface area contributed by atoms with E-state index >= 15 is 0 Å². The Kier molecular flexibility index (Phi) is 2.32. The molecular weight excluding hydrogens is 172 g/mol. The van der Waals surface area contributed by atoms with E-state index in [2.05, 4.69) is 0 Å². The summed E-state index contributed by atoms with van der Waals surface area (Å²) in [6, 6.07) is 0. The fraction of sp³-hybridized carbons (Fsp3) is 1.00. The summed E-state index contributed by atoms with van der Waals surface area (Å²) in [6.45, 7) is 4.94. The van der Waals surface area contributed by atoms with E-state index in [9.17, 15) is 5.11 Å². The smallest absolute Gasteiger partial charge is 0.163 e. The van der Waals surface area contributed by atoms with Gasteiger partial charge >= 0.3 is 0 Å². The minimum absolute atomic E-state index is 0.0208. The maximum absolute atomic E-state index is 9.46. The molecule has 2 aliphatic rings. The number of hydrogen-bond acceptors (Lipinski definition) is 4. The van der Waals surface area contributed by atoms with Gasteiger partial charge in [-0.3, -0.25) is 0 Å². The van der Waals surface area contributed by atoms with Crippen LogP contribution in [0, 0.1) is 5.92 Å². The first kappa shape index (κ1) is 9.40. The maximum Gasteiger partial charge on any atom is 0.163 e. The lowest BCUT2D eigenvalue weighted by Crippen LogP contribution is -2.31. The summed E-state index contributed by atoms with van der Waals surface area (Å²) in [5, 5.41) is 9.46. The summed E-state index contributed by atoms with van der Waals surface area (Å²) in [6.07, 6.45) is 0.153. The second-order valence-electron chi connectivity index (χ2n) is 4.08. The van der Waals surface area contributed by atoms with Gasteiger partial charge in [-0.25, -0.2) is 0 Å². The highest BCUT2D eigenvalue weighted by Gasteiger charge is 2.42. The van der Waals surface area contributed by atoms with Gasteiger partial charge in [0, 0.05) is 5.92 Å². The average Bonchev–Trinajstić information content (AvgIpc) is 2.56. The van der Waals surface area contributed by atoms with Gasteiger partial charge in [0.05, 0.1) is 19.3 Å². The summed E-state index contributed by atoms with van der Waals surface area (Å²) in [5.41, 5.74) is 0. The minimum atomic E-state index is -0.678. The molecule has 0 aromatic carbocycles. The molecule has 76 valence electrons. The molecule has 0 spiro atoms. The summed E-state index contributed by atoms with van der Waals surface area (Å²) in [4.78, 5) is 0. The Morgan fingerprint density at radius 2 is 2.15 bits per heavy atom. The van der Waals surface area contributed by atoms with E-state index in [4.69, 9.17) is 14.2 Å². The van der Waals surface area contributed by atoms with Gasteiger partial charge < -0.3 is 19.3 Å². The van der Waals surface area contributed by atoms with Crippen molar-refractivity contribution in [2.24, 2.45) is 5.92 Å². The molecule has 4 nitrogen and oxygen atoms in total. The Bertz CT molecular complexity index is 192. The SMILES string of the molecule is CC1(C)OC[C@H]([C@@H]2CCOC2O)O1. The molecule has 2 aliphatic heterocycles. The van der Waals surface area contributed by atoms with Crippen LogP contribution in [0.4, 0.5) is 0 Å². The second-order valence-corrected chi connectivity index (χ2v) is 4.08. The molecule has 0 aromatic heterocycles. The lowest BCUT2D eigenvalue weighted by atomic mass is 10.0. The van der Waals surface area contributed by atoms with Crippen LogP contribution in [0.15, 0.2) is 0 Å². The Morgan fingerprint density at radius 3 is 2.62 bits per heavy atom. The molecule has 0 bridgehead atoms. The Balaban J connectivity index is 1.95. The van der Waals surface area contributed by atoms with Crippen LogP contribution < -0.4 is 0 Å². The monoisotopic (exact) mass is 188 g/mol. The fourth-order valence-corrected chi connectivity index (χ4v) is 1.89. The van der Waals surface area contributed by atoms with Crippen molar-refractivity contribution >= 4 is 0 Å². The number of aliphatic hydroxyl groups is 1. The lowest BCUT2D eigenvalue weighted by molar-refractivity contribution is -0.160. The predicted molar refractivity (Wildman–Crippen MR) is 45.0 cm³/mol. The number of rotatable bonds is 1. The van der Waals surface area contributed by atoms with Crippen LogP contribution >= 0.6 is 0 Å². The Morgan fingerprint density at radius 1 is 1.38 bits per heavy atom. The second kappa shape index (κ2) is 3.20. The molecule has 2 fully saturated rings. The standard InChI is InChI=1S/C9H16O4/c1-9(2)12-5-7(13-9)6-3-4-11-8(6)10/h6-8,10H,3-5H2,1-2H3/t6-,7+,8?/m0/s1. The van der Waals surface area contributed by atoms with Gasteiger partial charge in [-0.15, -0.1) is 0 Å². The molecule has 3 atom stereocenters. The molecule has 13 heavy (non-hydrogen) atoms. The number of hydrogen-bond donors (Lipinski definition) is 1. The van der Waals surface area contributed by atoms with Crippen molar-refractivity contribution in [1.82, 2.24) is 0 Å². The van der Waals surface area contributed by atoms with Crippen LogP contribution in [0.5, 0.6) is 0 Å². The molecule has 0 saturated carbocycles. The third-order valence-corrected chi connectivity index (χ3v) is 2.61. The first-order valence-electron chi connectivity index (χ1n) is 4.70. The van der Waals surface area contributed by atoms with Crippen LogP contribution in [-0.2, 0) is 14.2 Å². The van der Waals surface area contributed by atoms with E-state index in [-0.39, 0.29) is 12.0 Å². The van der Waals surface area contributed by atoms with Crippen LogP contribution in [-0.4, -0.2) is 36.5 Å². The molecule has 0 radical (unpaired) electrons. The third kappa shape index (κ3) is 1.86. The average molecular weight is 188 g/mol. The number of aliphatic hydroxyl groups excluding tert-OH is 1. The zero-order chi connectivity index (χ0) is 9.47. The summed E-state index contributed by atoms with van der Waals surface area (Å²) >= 11 is 0. The molecular formula is C9H16O4. The molecule has 2 rings (SSSR count). The van der Waals surface area contributed by atoms with Crippen molar-refractivity contribution in [3.05, 3.63) is 0 Å². The number of ether oxygens (including phenoxy) is 3. The normalized spacial score (nSPS) is 44.1. The fourth-order valence-electron chi connectivity index (χ4n) is 1.89. The van der Waals surface area contributed by atoms with Gasteiger partial charge in [0.15, 0.2) is 12.1 Å². The maximum atomic E-state index is 9.46. The first-order chi connectivity index (χ1) is 6.08. The van der Waals surface area contributed by atoms with E-state index in [1.807, 2.05) is 13.8 Å². The molecule has 2 saturated heterocycles. The van der Waals surface area contributed by atoms with Crippen molar-refractivity contribution in [2.45, 2.75) is 38.4 Å². The topological polar surface area (TPSA) is 47.9 Å². The summed E-state index contributed by atoms with van der Waals surface area (Å²) in [7, 11) is 0. The van der Waals surface area contributed by atoms with E-state index < -0.39 is 12.1 Å². The Labute approximate surface area is 77.8 Å². The van der Waals surface area contributed by atoms with Crippen LogP contribution in [0.25, 0.3) is 0 Å². The Hall–Kier alpha value is -0.160. The van der Waals surface area contributed by atoms with Gasteiger partial charge in [-0.1, -0.05) is 0 Å². The van der Waals surface area contributed by atoms with Gasteiger partial charge in [0.2, 0.25) is 0 Å². The van der Waals surface area contributed by atoms with Gasteiger partial charge in [0.25, 0.3) is 0 Å². The quantitative estimate of drug-likeness (QED) is 0.650. The molecule has 1 unspecified atom stereocenters. The lowest BCUT2D eigenvalue weighted by Gasteiger charge is -2.21. The van der Waals surface area contributed by atoms with E-state index in [1.165, 1.54) is 0 Å².